The SMILES string of the molecule is COc1ccccc1/C=C/C(=O)OCC(=O)Nc1ccc(Cl)cc1C(F)(F)F. The van der Waals surface area contributed by atoms with E-state index in [9.17, 15) is 22.8 Å². The molecule has 0 aliphatic rings. The van der Waals surface area contributed by atoms with Gasteiger partial charge in [0.1, 0.15) is 5.75 Å². The topological polar surface area (TPSA) is 64.6 Å². The molecule has 0 saturated heterocycles. The predicted octanol–water partition coefficient (Wildman–Crippen LogP) is 4.56. The van der Waals surface area contributed by atoms with Crippen LogP contribution >= 0.6 is 11.6 Å². The largest absolute Gasteiger partial charge is 0.496 e. The second-order valence-corrected chi connectivity index (χ2v) is 5.86. The van der Waals surface area contributed by atoms with Gasteiger partial charge in [-0.3, -0.25) is 4.79 Å². The van der Waals surface area contributed by atoms with E-state index in [0.29, 0.717) is 17.4 Å². The van der Waals surface area contributed by atoms with Crippen LogP contribution in [0.15, 0.2) is 48.5 Å². The van der Waals surface area contributed by atoms with E-state index in [0.717, 1.165) is 12.1 Å². The molecular formula is C19H15ClF3NO4. The van der Waals surface area contributed by atoms with Gasteiger partial charge in [0.25, 0.3) is 5.91 Å². The lowest BCUT2D eigenvalue weighted by molar-refractivity contribution is -0.142. The molecule has 0 saturated carbocycles. The number of anilines is 1. The van der Waals surface area contributed by atoms with E-state index < -0.39 is 35.9 Å². The summed E-state index contributed by atoms with van der Waals surface area (Å²) in [4.78, 5) is 23.5. The molecular weight excluding hydrogens is 399 g/mol. The minimum Gasteiger partial charge on any atom is -0.496 e. The predicted molar refractivity (Wildman–Crippen MR) is 98.1 cm³/mol. The number of esters is 1. The summed E-state index contributed by atoms with van der Waals surface area (Å²) in [6, 6.07) is 9.81. The van der Waals surface area contributed by atoms with E-state index in [1.54, 1.807) is 24.3 Å². The van der Waals surface area contributed by atoms with Gasteiger partial charge in [0.05, 0.1) is 18.4 Å². The molecule has 2 rings (SSSR count). The Morgan fingerprint density at radius 2 is 1.89 bits per heavy atom. The minimum atomic E-state index is -4.71. The quantitative estimate of drug-likeness (QED) is 0.557. The first-order valence-corrected chi connectivity index (χ1v) is 8.23. The summed E-state index contributed by atoms with van der Waals surface area (Å²) in [7, 11) is 1.47. The van der Waals surface area contributed by atoms with Crippen LogP contribution in [0.25, 0.3) is 6.08 Å². The first-order valence-electron chi connectivity index (χ1n) is 7.85. The highest BCUT2D eigenvalue weighted by molar-refractivity contribution is 6.30. The molecule has 148 valence electrons. The van der Waals surface area contributed by atoms with Crippen molar-refractivity contribution in [3.05, 3.63) is 64.7 Å². The molecule has 9 heteroatoms. The van der Waals surface area contributed by atoms with Crippen LogP contribution in [0, 0.1) is 0 Å². The third-order valence-corrected chi connectivity index (χ3v) is 3.68. The molecule has 0 fully saturated rings. The smallest absolute Gasteiger partial charge is 0.418 e. The zero-order valence-electron chi connectivity index (χ0n) is 14.5. The normalized spacial score (nSPS) is 11.3. The van der Waals surface area contributed by atoms with E-state index >= 15 is 0 Å². The molecule has 0 radical (unpaired) electrons. The molecule has 0 spiro atoms. The summed E-state index contributed by atoms with van der Waals surface area (Å²) in [6.45, 7) is -0.755. The van der Waals surface area contributed by atoms with Gasteiger partial charge in [-0.15, -0.1) is 0 Å². The minimum absolute atomic E-state index is 0.127. The van der Waals surface area contributed by atoms with E-state index in [4.69, 9.17) is 21.1 Å². The second-order valence-electron chi connectivity index (χ2n) is 5.42. The Kier molecular flexibility index (Phi) is 7.06. The van der Waals surface area contributed by atoms with Gasteiger partial charge in [0, 0.05) is 16.7 Å². The highest BCUT2D eigenvalue weighted by Gasteiger charge is 2.34. The van der Waals surface area contributed by atoms with Crippen molar-refractivity contribution in [2.45, 2.75) is 6.18 Å². The van der Waals surface area contributed by atoms with Gasteiger partial charge in [0.15, 0.2) is 6.61 Å². The number of carbonyl (C=O) groups is 2. The number of amides is 1. The standard InChI is InChI=1S/C19H15ClF3NO4/c1-27-16-5-3-2-4-12(16)6-9-18(26)28-11-17(25)24-15-8-7-13(20)10-14(15)19(21,22)23/h2-10H,11H2,1H3,(H,24,25)/b9-6+. The average molecular weight is 414 g/mol. The maximum absolute atomic E-state index is 13.0. The number of hydrogen-bond acceptors (Lipinski definition) is 4. The fourth-order valence-electron chi connectivity index (χ4n) is 2.19. The van der Waals surface area contributed by atoms with Gasteiger partial charge in [-0.2, -0.15) is 13.2 Å². The lowest BCUT2D eigenvalue weighted by Crippen LogP contribution is -2.22. The van der Waals surface area contributed by atoms with Gasteiger partial charge in [-0.1, -0.05) is 29.8 Å². The summed E-state index contributed by atoms with van der Waals surface area (Å²) in [5.74, 6) is -1.23. The van der Waals surface area contributed by atoms with Crippen molar-refractivity contribution >= 4 is 35.2 Å². The molecule has 0 bridgehead atoms. The van der Waals surface area contributed by atoms with Gasteiger partial charge in [-0.25, -0.2) is 4.79 Å². The van der Waals surface area contributed by atoms with E-state index in [2.05, 4.69) is 5.32 Å². The highest BCUT2D eigenvalue weighted by atomic mass is 35.5. The molecule has 0 heterocycles. The van der Waals surface area contributed by atoms with E-state index in [1.807, 2.05) is 0 Å². The third kappa shape index (κ3) is 6.02. The van der Waals surface area contributed by atoms with Crippen LogP contribution in [0.2, 0.25) is 5.02 Å². The number of halogens is 4. The van der Waals surface area contributed by atoms with Gasteiger partial charge in [-0.05, 0) is 30.3 Å². The van der Waals surface area contributed by atoms with Crippen molar-refractivity contribution < 1.29 is 32.2 Å². The fourth-order valence-corrected chi connectivity index (χ4v) is 2.37. The number of benzene rings is 2. The Morgan fingerprint density at radius 1 is 1.18 bits per heavy atom. The third-order valence-electron chi connectivity index (χ3n) is 3.44. The summed E-state index contributed by atoms with van der Waals surface area (Å²) < 4.78 is 48.9. The Balaban J connectivity index is 1.96. The van der Waals surface area contributed by atoms with Crippen molar-refractivity contribution in [2.75, 3.05) is 19.0 Å². The Labute approximate surface area is 163 Å². The molecule has 0 aliphatic carbocycles. The van der Waals surface area contributed by atoms with Crippen molar-refractivity contribution in [1.82, 2.24) is 0 Å². The molecule has 5 nitrogen and oxygen atoms in total. The first-order chi connectivity index (χ1) is 13.2. The van der Waals surface area contributed by atoms with Gasteiger partial charge in [0.2, 0.25) is 0 Å². The van der Waals surface area contributed by atoms with Crippen molar-refractivity contribution in [3.8, 4) is 5.75 Å². The Morgan fingerprint density at radius 3 is 2.57 bits per heavy atom. The van der Waals surface area contributed by atoms with Gasteiger partial charge < -0.3 is 14.8 Å². The number of nitrogens with one attached hydrogen (secondary N) is 1. The molecule has 0 unspecified atom stereocenters. The second kappa shape index (κ2) is 9.27. The lowest BCUT2D eigenvalue weighted by Gasteiger charge is -2.14. The number of hydrogen-bond donors (Lipinski definition) is 1. The monoisotopic (exact) mass is 413 g/mol. The van der Waals surface area contributed by atoms with Crippen molar-refractivity contribution in [2.24, 2.45) is 0 Å². The Bertz CT molecular complexity index is 897. The van der Waals surface area contributed by atoms with E-state index in [-0.39, 0.29) is 5.02 Å². The first kappa shape index (κ1) is 21.3. The number of ether oxygens (including phenoxy) is 2. The maximum atomic E-state index is 13.0. The van der Waals surface area contributed by atoms with Crippen LogP contribution in [-0.2, 0) is 20.5 Å². The highest BCUT2D eigenvalue weighted by Crippen LogP contribution is 2.36. The van der Waals surface area contributed by atoms with Crippen LogP contribution in [0.4, 0.5) is 18.9 Å². The zero-order chi connectivity index (χ0) is 20.7. The van der Waals surface area contributed by atoms with E-state index in [1.165, 1.54) is 19.3 Å². The summed E-state index contributed by atoms with van der Waals surface area (Å²) in [6.07, 6.45) is -2.20. The van der Waals surface area contributed by atoms with Crippen molar-refractivity contribution in [3.63, 3.8) is 0 Å². The number of para-hydroxylation sites is 1. The summed E-state index contributed by atoms with van der Waals surface area (Å²) in [5, 5.41) is 1.93. The molecule has 28 heavy (non-hydrogen) atoms. The summed E-state index contributed by atoms with van der Waals surface area (Å²) >= 11 is 5.57. The molecule has 0 atom stereocenters. The molecule has 0 aromatic heterocycles. The Hall–Kier alpha value is -3.00. The number of rotatable bonds is 6. The molecule has 2 aromatic rings. The average Bonchev–Trinajstić information content (AvgIpc) is 2.65. The van der Waals surface area contributed by atoms with Crippen LogP contribution < -0.4 is 10.1 Å². The lowest BCUT2D eigenvalue weighted by atomic mass is 10.1. The fraction of sp³-hybridized carbons (Fsp3) is 0.158. The van der Waals surface area contributed by atoms with Gasteiger partial charge >= 0.3 is 12.1 Å². The summed E-state index contributed by atoms with van der Waals surface area (Å²) in [5.41, 5.74) is -0.972. The number of carbonyl (C=O) groups excluding carboxylic acids is 2. The molecule has 2 aromatic carbocycles. The van der Waals surface area contributed by atoms with Crippen LogP contribution in [-0.4, -0.2) is 25.6 Å². The van der Waals surface area contributed by atoms with Crippen LogP contribution in [0.3, 0.4) is 0 Å². The molecule has 1 amide bonds. The molecule has 1 N–H and O–H groups in total. The van der Waals surface area contributed by atoms with Crippen molar-refractivity contribution in [1.29, 1.82) is 0 Å². The maximum Gasteiger partial charge on any atom is 0.418 e. The number of methoxy groups -OCH3 is 1. The van der Waals surface area contributed by atoms with Crippen LogP contribution in [0.5, 0.6) is 5.75 Å². The number of alkyl halides is 3. The molecule has 0 aliphatic heterocycles. The van der Waals surface area contributed by atoms with Crippen LogP contribution in [0.1, 0.15) is 11.1 Å². The zero-order valence-corrected chi connectivity index (χ0v) is 15.3.